The van der Waals surface area contributed by atoms with E-state index in [1.54, 1.807) is 36.6 Å². The van der Waals surface area contributed by atoms with Gasteiger partial charge in [-0.05, 0) is 38.1 Å². The Labute approximate surface area is 138 Å². The van der Waals surface area contributed by atoms with Gasteiger partial charge >= 0.3 is 0 Å². The second-order valence-electron chi connectivity index (χ2n) is 5.63. The molecule has 6 heteroatoms. The van der Waals surface area contributed by atoms with Gasteiger partial charge in [-0.2, -0.15) is 0 Å². The lowest BCUT2D eigenvalue weighted by molar-refractivity contribution is 0.0953. The fourth-order valence-electron chi connectivity index (χ4n) is 2.16. The molecule has 0 N–H and O–H groups in total. The summed E-state index contributed by atoms with van der Waals surface area (Å²) < 4.78 is 35.4. The van der Waals surface area contributed by atoms with E-state index >= 15 is 0 Å². The molecule has 2 aromatic carbocycles. The fourth-order valence-corrected chi connectivity index (χ4v) is 4.15. The van der Waals surface area contributed by atoms with E-state index in [1.807, 2.05) is 0 Å². The minimum absolute atomic E-state index is 0.115. The van der Waals surface area contributed by atoms with E-state index in [0.717, 1.165) is 0 Å². The van der Waals surface area contributed by atoms with Crippen molar-refractivity contribution in [2.24, 2.45) is 0 Å². The maximum absolute atomic E-state index is 12.8. The van der Waals surface area contributed by atoms with Gasteiger partial charge in [0.05, 0.1) is 4.90 Å². The Morgan fingerprint density at radius 3 is 1.96 bits per heavy atom. The van der Waals surface area contributed by atoms with Gasteiger partial charge in [0, 0.05) is 27.5 Å². The number of rotatable bonds is 5. The smallest absolute Gasteiger partial charge is 0.190 e. The summed E-state index contributed by atoms with van der Waals surface area (Å²) in [5.74, 6) is -0.491. The first kappa shape index (κ1) is 17.6. The topological polar surface area (TPSA) is 68.3 Å². The molecule has 0 aromatic heterocycles. The Balaban J connectivity index is 2.42. The summed E-state index contributed by atoms with van der Waals surface area (Å²) in [6, 6.07) is 14.1. The monoisotopic (exact) mass is 350 g/mol. The van der Waals surface area contributed by atoms with Crippen LogP contribution in [0, 0.1) is 0 Å². The third-order valence-electron chi connectivity index (χ3n) is 3.72. The molecule has 1 atom stereocenters. The van der Waals surface area contributed by atoms with Crippen LogP contribution in [0.5, 0.6) is 0 Å². The zero-order valence-corrected chi connectivity index (χ0v) is 14.8. The zero-order valence-electron chi connectivity index (χ0n) is 13.1. The molecule has 0 aliphatic heterocycles. The first-order valence-corrected chi connectivity index (χ1v) is 10.00. The molecule has 0 saturated heterocycles. The molecule has 0 spiro atoms. The van der Waals surface area contributed by atoms with Gasteiger partial charge in [0.1, 0.15) is 4.75 Å². The predicted octanol–water partition coefficient (Wildman–Crippen LogP) is 2.86. The SMILES string of the molecule is CS(=O)c1ccc(C(=O)C(C)(C)S(=O)(=O)c2ccccc2)cc1. The number of carbonyl (C=O) groups is 1. The van der Waals surface area contributed by atoms with Crippen LogP contribution in [0.15, 0.2) is 64.4 Å². The number of carbonyl (C=O) groups excluding carboxylic acids is 1. The third-order valence-corrected chi connectivity index (χ3v) is 7.08. The van der Waals surface area contributed by atoms with Crippen molar-refractivity contribution < 1.29 is 17.4 Å². The Morgan fingerprint density at radius 1 is 0.957 bits per heavy atom. The summed E-state index contributed by atoms with van der Waals surface area (Å²) in [5.41, 5.74) is 0.281. The highest BCUT2D eigenvalue weighted by atomic mass is 32.2. The summed E-state index contributed by atoms with van der Waals surface area (Å²) in [6.45, 7) is 2.81. The van der Waals surface area contributed by atoms with Gasteiger partial charge in [-0.15, -0.1) is 0 Å². The van der Waals surface area contributed by atoms with Crippen molar-refractivity contribution in [1.29, 1.82) is 0 Å². The minimum atomic E-state index is -3.82. The van der Waals surface area contributed by atoms with Crippen molar-refractivity contribution in [2.75, 3.05) is 6.26 Å². The van der Waals surface area contributed by atoms with E-state index in [2.05, 4.69) is 0 Å². The quantitative estimate of drug-likeness (QED) is 0.778. The highest BCUT2D eigenvalue weighted by molar-refractivity contribution is 7.93. The molecule has 0 heterocycles. The molecule has 0 fully saturated rings. The normalized spacial score (nSPS) is 13.5. The third kappa shape index (κ3) is 3.28. The van der Waals surface area contributed by atoms with Crippen LogP contribution in [0.1, 0.15) is 24.2 Å². The second kappa shape index (κ2) is 6.37. The van der Waals surface area contributed by atoms with Crippen LogP contribution in [-0.2, 0) is 20.6 Å². The molecular formula is C17H18O4S2. The standard InChI is InChI=1S/C17H18O4S2/c1-17(2,23(20,21)15-7-5-4-6-8-15)16(18)13-9-11-14(12-10-13)22(3)19/h4-12H,1-3H3. The predicted molar refractivity (Wildman–Crippen MR) is 90.8 cm³/mol. The van der Waals surface area contributed by atoms with Gasteiger partial charge in [-0.25, -0.2) is 8.42 Å². The van der Waals surface area contributed by atoms with Crippen LogP contribution < -0.4 is 0 Å². The summed E-state index contributed by atoms with van der Waals surface area (Å²) in [4.78, 5) is 13.4. The Morgan fingerprint density at radius 2 is 1.48 bits per heavy atom. The molecule has 2 aromatic rings. The van der Waals surface area contributed by atoms with Crippen LogP contribution in [0.25, 0.3) is 0 Å². The lowest BCUT2D eigenvalue weighted by atomic mass is 10.0. The van der Waals surface area contributed by atoms with Gasteiger partial charge in [-0.3, -0.25) is 9.00 Å². The van der Waals surface area contributed by atoms with Gasteiger partial charge in [-0.1, -0.05) is 30.3 Å². The van der Waals surface area contributed by atoms with Crippen molar-refractivity contribution in [3.05, 3.63) is 60.2 Å². The number of benzene rings is 2. The van der Waals surface area contributed by atoms with Crippen molar-refractivity contribution in [1.82, 2.24) is 0 Å². The van der Waals surface area contributed by atoms with Crippen LogP contribution >= 0.6 is 0 Å². The number of Topliss-reactive ketones (excluding diaryl/α,β-unsaturated/α-hetero) is 1. The van der Waals surface area contributed by atoms with E-state index < -0.39 is 31.2 Å². The van der Waals surface area contributed by atoms with E-state index in [-0.39, 0.29) is 10.5 Å². The van der Waals surface area contributed by atoms with Gasteiger partial charge in [0.2, 0.25) is 0 Å². The number of sulfone groups is 1. The van der Waals surface area contributed by atoms with E-state index in [0.29, 0.717) is 4.90 Å². The molecule has 2 rings (SSSR count). The Hall–Kier alpha value is -1.79. The summed E-state index contributed by atoms with van der Waals surface area (Å²) in [7, 11) is -4.97. The maximum atomic E-state index is 12.8. The van der Waals surface area contributed by atoms with Crippen molar-refractivity contribution in [3.8, 4) is 0 Å². The molecule has 0 radical (unpaired) electrons. The van der Waals surface area contributed by atoms with E-state index in [9.17, 15) is 17.4 Å². The molecule has 0 saturated carbocycles. The average Bonchev–Trinajstić information content (AvgIpc) is 2.54. The van der Waals surface area contributed by atoms with Crippen molar-refractivity contribution >= 4 is 26.4 Å². The molecule has 1 unspecified atom stereocenters. The van der Waals surface area contributed by atoms with Crippen molar-refractivity contribution in [3.63, 3.8) is 0 Å². The summed E-state index contributed by atoms with van der Waals surface area (Å²) in [5, 5.41) is 0. The van der Waals surface area contributed by atoms with Gasteiger partial charge in [0.25, 0.3) is 0 Å². The van der Waals surface area contributed by atoms with Gasteiger partial charge in [0.15, 0.2) is 15.6 Å². The highest BCUT2D eigenvalue weighted by Crippen LogP contribution is 2.29. The molecule has 0 bridgehead atoms. The molecule has 4 nitrogen and oxygen atoms in total. The molecular weight excluding hydrogens is 332 g/mol. The lowest BCUT2D eigenvalue weighted by Crippen LogP contribution is -2.40. The number of hydrogen-bond donors (Lipinski definition) is 0. The van der Waals surface area contributed by atoms with Gasteiger partial charge < -0.3 is 0 Å². The molecule has 0 aliphatic carbocycles. The van der Waals surface area contributed by atoms with Crippen LogP contribution in [0.3, 0.4) is 0 Å². The Kier molecular flexibility index (Phi) is 4.87. The Bertz CT molecular complexity index is 836. The van der Waals surface area contributed by atoms with Crippen molar-refractivity contribution in [2.45, 2.75) is 28.4 Å². The van der Waals surface area contributed by atoms with E-state index in [4.69, 9.17) is 0 Å². The molecule has 0 aliphatic rings. The molecule has 0 amide bonds. The average molecular weight is 350 g/mol. The largest absolute Gasteiger partial charge is 0.292 e. The lowest BCUT2D eigenvalue weighted by Gasteiger charge is -2.23. The fraction of sp³-hybridized carbons (Fsp3) is 0.235. The highest BCUT2D eigenvalue weighted by Gasteiger charge is 2.42. The van der Waals surface area contributed by atoms with Crippen LogP contribution in [0.4, 0.5) is 0 Å². The van der Waals surface area contributed by atoms with Crippen LogP contribution in [-0.4, -0.2) is 29.4 Å². The first-order valence-electron chi connectivity index (χ1n) is 6.96. The number of ketones is 1. The summed E-state index contributed by atoms with van der Waals surface area (Å²) in [6.07, 6.45) is 1.54. The minimum Gasteiger partial charge on any atom is -0.292 e. The summed E-state index contributed by atoms with van der Waals surface area (Å²) >= 11 is 0. The number of hydrogen-bond acceptors (Lipinski definition) is 4. The van der Waals surface area contributed by atoms with Crippen LogP contribution in [0.2, 0.25) is 0 Å². The first-order chi connectivity index (χ1) is 10.7. The van der Waals surface area contributed by atoms with E-state index in [1.165, 1.54) is 38.1 Å². The zero-order chi connectivity index (χ0) is 17.3. The maximum Gasteiger partial charge on any atom is 0.190 e. The molecule has 122 valence electrons. The second-order valence-corrected chi connectivity index (χ2v) is 9.51. The molecule has 23 heavy (non-hydrogen) atoms.